The van der Waals surface area contributed by atoms with E-state index in [0.717, 1.165) is 22.9 Å². The van der Waals surface area contributed by atoms with Gasteiger partial charge in [0.05, 0.1) is 5.69 Å². The standard InChI is InChI=1S/C13H8F3N5/c14-8-2-1-3-9(15)12(8)21-13(18-19-20-21)7-4-5-11(17)10(16)6-7/h1-6H,17H2. The highest BCUT2D eigenvalue weighted by Crippen LogP contribution is 2.25. The van der Waals surface area contributed by atoms with Gasteiger partial charge in [0, 0.05) is 5.56 Å². The van der Waals surface area contributed by atoms with Crippen molar-refractivity contribution < 1.29 is 13.2 Å². The van der Waals surface area contributed by atoms with Crippen LogP contribution in [0.5, 0.6) is 0 Å². The normalized spacial score (nSPS) is 10.8. The van der Waals surface area contributed by atoms with Crippen molar-refractivity contribution in [1.82, 2.24) is 20.2 Å². The second kappa shape index (κ2) is 4.89. The van der Waals surface area contributed by atoms with E-state index in [-0.39, 0.29) is 17.1 Å². The molecule has 0 saturated heterocycles. The van der Waals surface area contributed by atoms with E-state index >= 15 is 0 Å². The van der Waals surface area contributed by atoms with Gasteiger partial charge in [-0.25, -0.2) is 13.2 Å². The number of nitrogens with zero attached hydrogens (tertiary/aromatic N) is 4. The second-order valence-corrected chi connectivity index (χ2v) is 4.22. The maximum atomic E-state index is 13.8. The summed E-state index contributed by atoms with van der Waals surface area (Å²) < 4.78 is 42.0. The average Bonchev–Trinajstić information content (AvgIpc) is 2.91. The van der Waals surface area contributed by atoms with Crippen LogP contribution in [0.4, 0.5) is 18.9 Å². The minimum atomic E-state index is -0.834. The summed E-state index contributed by atoms with van der Waals surface area (Å²) in [6.07, 6.45) is 0. The fraction of sp³-hybridized carbons (Fsp3) is 0. The van der Waals surface area contributed by atoms with Crippen LogP contribution in [0, 0.1) is 17.5 Å². The Bertz CT molecular complexity index is 795. The van der Waals surface area contributed by atoms with Crippen LogP contribution in [-0.2, 0) is 0 Å². The number of para-hydroxylation sites is 1. The lowest BCUT2D eigenvalue weighted by atomic mass is 10.2. The van der Waals surface area contributed by atoms with E-state index in [1.165, 1.54) is 18.2 Å². The number of tetrazole rings is 1. The van der Waals surface area contributed by atoms with E-state index in [4.69, 9.17) is 5.73 Å². The summed E-state index contributed by atoms with van der Waals surface area (Å²) in [6.45, 7) is 0. The Labute approximate surface area is 116 Å². The monoisotopic (exact) mass is 291 g/mol. The molecule has 0 amide bonds. The molecule has 0 unspecified atom stereocenters. The van der Waals surface area contributed by atoms with Crippen LogP contribution in [0.1, 0.15) is 0 Å². The van der Waals surface area contributed by atoms with Gasteiger partial charge in [0.1, 0.15) is 11.5 Å². The van der Waals surface area contributed by atoms with Gasteiger partial charge >= 0.3 is 0 Å². The van der Waals surface area contributed by atoms with Crippen molar-refractivity contribution in [3.05, 3.63) is 53.8 Å². The van der Waals surface area contributed by atoms with Crippen molar-refractivity contribution in [1.29, 1.82) is 0 Å². The van der Waals surface area contributed by atoms with Gasteiger partial charge in [0.25, 0.3) is 0 Å². The molecule has 0 spiro atoms. The maximum Gasteiger partial charge on any atom is 0.187 e. The number of rotatable bonds is 2. The highest BCUT2D eigenvalue weighted by Gasteiger charge is 2.18. The lowest BCUT2D eigenvalue weighted by Gasteiger charge is -2.07. The summed E-state index contributed by atoms with van der Waals surface area (Å²) in [6, 6.07) is 7.25. The molecule has 0 saturated carbocycles. The molecule has 0 radical (unpaired) electrons. The van der Waals surface area contributed by atoms with Crippen molar-refractivity contribution in [2.24, 2.45) is 0 Å². The Hall–Kier alpha value is -2.90. The maximum absolute atomic E-state index is 13.8. The van der Waals surface area contributed by atoms with Crippen molar-refractivity contribution in [3.63, 3.8) is 0 Å². The molecule has 3 aromatic rings. The van der Waals surface area contributed by atoms with Gasteiger partial charge in [-0.2, -0.15) is 4.68 Å². The fourth-order valence-corrected chi connectivity index (χ4v) is 1.88. The van der Waals surface area contributed by atoms with Gasteiger partial charge < -0.3 is 5.73 Å². The van der Waals surface area contributed by atoms with E-state index < -0.39 is 23.1 Å². The molecule has 106 valence electrons. The van der Waals surface area contributed by atoms with Crippen LogP contribution in [-0.4, -0.2) is 20.2 Å². The van der Waals surface area contributed by atoms with Crippen molar-refractivity contribution in [2.45, 2.75) is 0 Å². The molecule has 0 atom stereocenters. The lowest BCUT2D eigenvalue weighted by molar-refractivity contribution is 0.557. The van der Waals surface area contributed by atoms with Crippen LogP contribution in [0.2, 0.25) is 0 Å². The van der Waals surface area contributed by atoms with E-state index in [9.17, 15) is 13.2 Å². The summed E-state index contributed by atoms with van der Waals surface area (Å²) in [5.74, 6) is -2.34. The fourth-order valence-electron chi connectivity index (χ4n) is 1.88. The highest BCUT2D eigenvalue weighted by atomic mass is 19.1. The molecular weight excluding hydrogens is 283 g/mol. The van der Waals surface area contributed by atoms with Gasteiger partial charge in [0.2, 0.25) is 0 Å². The Morgan fingerprint density at radius 1 is 0.952 bits per heavy atom. The Balaban J connectivity index is 2.20. The van der Waals surface area contributed by atoms with Gasteiger partial charge in [-0.1, -0.05) is 6.07 Å². The molecule has 2 aromatic carbocycles. The van der Waals surface area contributed by atoms with Crippen LogP contribution >= 0.6 is 0 Å². The van der Waals surface area contributed by atoms with Crippen molar-refractivity contribution in [2.75, 3.05) is 5.73 Å². The molecule has 2 N–H and O–H groups in total. The first kappa shape index (κ1) is 13.1. The zero-order chi connectivity index (χ0) is 15.0. The molecular formula is C13H8F3N5. The first-order valence-electron chi connectivity index (χ1n) is 5.86. The summed E-state index contributed by atoms with van der Waals surface area (Å²) in [5, 5.41) is 10.6. The van der Waals surface area contributed by atoms with Crippen LogP contribution in [0.3, 0.4) is 0 Å². The van der Waals surface area contributed by atoms with Crippen molar-refractivity contribution >= 4 is 5.69 Å². The van der Waals surface area contributed by atoms with E-state index in [1.54, 1.807) is 0 Å². The Morgan fingerprint density at radius 3 is 2.33 bits per heavy atom. The molecule has 1 aromatic heterocycles. The third kappa shape index (κ3) is 2.20. The molecule has 21 heavy (non-hydrogen) atoms. The first-order valence-corrected chi connectivity index (χ1v) is 5.86. The lowest BCUT2D eigenvalue weighted by Crippen LogP contribution is -2.06. The molecule has 3 rings (SSSR count). The van der Waals surface area contributed by atoms with Crippen LogP contribution in [0.25, 0.3) is 17.1 Å². The quantitative estimate of drug-likeness (QED) is 0.736. The summed E-state index contributed by atoms with van der Waals surface area (Å²) >= 11 is 0. The number of nitrogen functional groups attached to an aromatic ring is 1. The number of nitrogens with two attached hydrogens (primary N) is 1. The Kier molecular flexibility index (Phi) is 3.05. The minimum absolute atomic E-state index is 0.00194. The number of anilines is 1. The molecule has 0 aliphatic rings. The van der Waals surface area contributed by atoms with E-state index in [0.29, 0.717) is 0 Å². The summed E-state index contributed by atoms with van der Waals surface area (Å²) in [5.41, 5.74) is 5.15. The minimum Gasteiger partial charge on any atom is -0.396 e. The topological polar surface area (TPSA) is 69.6 Å². The zero-order valence-electron chi connectivity index (χ0n) is 10.5. The molecule has 8 heteroatoms. The van der Waals surface area contributed by atoms with Crippen LogP contribution < -0.4 is 5.73 Å². The SMILES string of the molecule is Nc1ccc(-c2nnnn2-c2c(F)cccc2F)cc1F. The average molecular weight is 291 g/mol. The van der Waals surface area contributed by atoms with Gasteiger partial charge in [0.15, 0.2) is 17.5 Å². The van der Waals surface area contributed by atoms with Crippen LogP contribution in [0.15, 0.2) is 36.4 Å². The number of halogens is 3. The van der Waals surface area contributed by atoms with E-state index in [1.807, 2.05) is 0 Å². The predicted octanol–water partition coefficient (Wildman–Crippen LogP) is 2.33. The summed E-state index contributed by atoms with van der Waals surface area (Å²) in [4.78, 5) is 0. The smallest absolute Gasteiger partial charge is 0.187 e. The third-order valence-corrected chi connectivity index (χ3v) is 2.88. The first-order chi connectivity index (χ1) is 10.1. The van der Waals surface area contributed by atoms with Crippen molar-refractivity contribution in [3.8, 4) is 17.1 Å². The molecule has 0 fully saturated rings. The largest absolute Gasteiger partial charge is 0.396 e. The van der Waals surface area contributed by atoms with Gasteiger partial charge in [-0.15, -0.1) is 5.10 Å². The number of aromatic nitrogens is 4. The molecule has 0 bridgehead atoms. The summed E-state index contributed by atoms with van der Waals surface area (Å²) in [7, 11) is 0. The molecule has 5 nitrogen and oxygen atoms in total. The molecule has 1 heterocycles. The number of hydrogen-bond donors (Lipinski definition) is 1. The van der Waals surface area contributed by atoms with Gasteiger partial charge in [-0.3, -0.25) is 0 Å². The van der Waals surface area contributed by atoms with Gasteiger partial charge in [-0.05, 0) is 40.8 Å². The second-order valence-electron chi connectivity index (χ2n) is 4.22. The Morgan fingerprint density at radius 2 is 1.67 bits per heavy atom. The highest BCUT2D eigenvalue weighted by molar-refractivity contribution is 5.61. The molecule has 0 aliphatic carbocycles. The number of hydrogen-bond acceptors (Lipinski definition) is 4. The number of benzene rings is 2. The van der Waals surface area contributed by atoms with E-state index in [2.05, 4.69) is 15.5 Å². The predicted molar refractivity (Wildman–Crippen MR) is 68.9 cm³/mol. The zero-order valence-corrected chi connectivity index (χ0v) is 10.5. The molecule has 0 aliphatic heterocycles. The third-order valence-electron chi connectivity index (χ3n) is 2.88.